The first-order chi connectivity index (χ1) is 11.7. The van der Waals surface area contributed by atoms with Crippen LogP contribution >= 0.6 is 0 Å². The van der Waals surface area contributed by atoms with Crippen molar-refractivity contribution in [1.82, 2.24) is 10.6 Å². The largest absolute Gasteiger partial charge is 0.351 e. The van der Waals surface area contributed by atoms with Crippen LogP contribution in [0.3, 0.4) is 0 Å². The normalized spacial score (nSPS) is 20.4. The second-order valence-corrected chi connectivity index (χ2v) is 6.07. The van der Waals surface area contributed by atoms with E-state index >= 15 is 0 Å². The maximum absolute atomic E-state index is 11.3. The first kappa shape index (κ1) is 16.4. The molecule has 1 heterocycles. The Kier molecular flexibility index (Phi) is 5.41. The lowest BCUT2D eigenvalue weighted by Crippen LogP contribution is -2.39. The topological polar surface area (TPSA) is 67.2 Å². The van der Waals surface area contributed by atoms with Crippen LogP contribution in [0.5, 0.6) is 0 Å². The molecule has 0 bridgehead atoms. The smallest absolute Gasteiger partial charge is 0.233 e. The van der Waals surface area contributed by atoms with Gasteiger partial charge in [-0.25, -0.2) is 0 Å². The van der Waals surface area contributed by atoms with Gasteiger partial charge in [0.05, 0.1) is 6.54 Å². The third-order valence-corrected chi connectivity index (χ3v) is 4.25. The number of rotatable bonds is 5. The van der Waals surface area contributed by atoms with Crippen molar-refractivity contribution in [1.29, 1.82) is 0 Å². The molecule has 4 nitrogen and oxygen atoms in total. The fraction of sp³-hybridized carbons (Fsp3) is 0.250. The maximum Gasteiger partial charge on any atom is 0.233 e. The molecule has 4 heteroatoms. The van der Waals surface area contributed by atoms with Gasteiger partial charge in [-0.2, -0.15) is 0 Å². The minimum absolute atomic E-state index is 0.0464. The number of nitrogens with two attached hydrogens (primary N) is 1. The molecule has 124 valence electrons. The van der Waals surface area contributed by atoms with Crippen molar-refractivity contribution in [3.63, 3.8) is 0 Å². The maximum atomic E-state index is 11.3. The highest BCUT2D eigenvalue weighted by Gasteiger charge is 2.22. The van der Waals surface area contributed by atoms with Gasteiger partial charge in [0.1, 0.15) is 0 Å². The van der Waals surface area contributed by atoms with Crippen LogP contribution in [0.4, 0.5) is 0 Å². The lowest BCUT2D eigenvalue weighted by Gasteiger charge is -2.09. The fourth-order valence-corrected chi connectivity index (χ4v) is 2.95. The number of amides is 1. The predicted molar refractivity (Wildman–Crippen MR) is 98.3 cm³/mol. The van der Waals surface area contributed by atoms with E-state index in [1.807, 2.05) is 6.07 Å². The van der Waals surface area contributed by atoms with Crippen molar-refractivity contribution in [2.24, 2.45) is 5.73 Å². The molecule has 1 aliphatic heterocycles. The average Bonchev–Trinajstić information content (AvgIpc) is 3.08. The van der Waals surface area contributed by atoms with Gasteiger partial charge in [0.25, 0.3) is 0 Å². The van der Waals surface area contributed by atoms with Gasteiger partial charge < -0.3 is 16.4 Å². The lowest BCUT2D eigenvalue weighted by atomic mass is 10.0. The van der Waals surface area contributed by atoms with Crippen LogP contribution in [0.1, 0.15) is 12.0 Å². The van der Waals surface area contributed by atoms with Crippen molar-refractivity contribution < 1.29 is 4.79 Å². The van der Waals surface area contributed by atoms with E-state index < -0.39 is 0 Å². The Bertz CT molecular complexity index is 695. The molecule has 1 fully saturated rings. The minimum Gasteiger partial charge on any atom is -0.351 e. The quantitative estimate of drug-likeness (QED) is 0.791. The highest BCUT2D eigenvalue weighted by molar-refractivity contribution is 5.78. The van der Waals surface area contributed by atoms with Crippen molar-refractivity contribution in [2.45, 2.75) is 18.5 Å². The zero-order valence-corrected chi connectivity index (χ0v) is 13.6. The third kappa shape index (κ3) is 4.31. The SMILES string of the molecule is NCC(=O)N[C@H]1CN[C@H](/C=C/c2ccc(-c3ccccc3)cc2)C1. The van der Waals surface area contributed by atoms with Gasteiger partial charge in [-0.1, -0.05) is 66.7 Å². The van der Waals surface area contributed by atoms with E-state index in [9.17, 15) is 4.79 Å². The first-order valence-electron chi connectivity index (χ1n) is 8.31. The fourth-order valence-electron chi connectivity index (χ4n) is 2.95. The number of hydrogen-bond acceptors (Lipinski definition) is 3. The zero-order chi connectivity index (χ0) is 16.8. The molecule has 0 aliphatic carbocycles. The summed E-state index contributed by atoms with van der Waals surface area (Å²) in [5, 5.41) is 6.32. The molecule has 24 heavy (non-hydrogen) atoms. The Hall–Kier alpha value is -2.43. The first-order valence-corrected chi connectivity index (χ1v) is 8.31. The van der Waals surface area contributed by atoms with Crippen molar-refractivity contribution in [3.05, 3.63) is 66.2 Å². The molecule has 1 amide bonds. The highest BCUT2D eigenvalue weighted by atomic mass is 16.1. The summed E-state index contributed by atoms with van der Waals surface area (Å²) >= 11 is 0. The van der Waals surface area contributed by atoms with E-state index in [0.29, 0.717) is 0 Å². The van der Waals surface area contributed by atoms with Gasteiger partial charge >= 0.3 is 0 Å². The Morgan fingerprint density at radius 1 is 1.12 bits per heavy atom. The van der Waals surface area contributed by atoms with Crippen LogP contribution in [-0.4, -0.2) is 31.1 Å². The van der Waals surface area contributed by atoms with Crippen molar-refractivity contribution >= 4 is 12.0 Å². The third-order valence-electron chi connectivity index (χ3n) is 4.25. The summed E-state index contributed by atoms with van der Waals surface area (Å²) in [6, 6.07) is 19.3. The molecule has 0 saturated carbocycles. The Morgan fingerprint density at radius 3 is 2.54 bits per heavy atom. The molecule has 4 N–H and O–H groups in total. The Morgan fingerprint density at radius 2 is 1.83 bits per heavy atom. The summed E-state index contributed by atoms with van der Waals surface area (Å²) < 4.78 is 0. The van der Waals surface area contributed by atoms with Crippen LogP contribution in [0.15, 0.2) is 60.7 Å². The standard InChI is InChI=1S/C20H23N3O/c21-13-20(24)23-19-12-18(22-14-19)11-8-15-6-9-17(10-7-15)16-4-2-1-3-5-16/h1-11,18-19,22H,12-14,21H2,(H,23,24)/b11-8+/t18-,19-/m1/s1. The van der Waals surface area contributed by atoms with Gasteiger partial charge in [-0.15, -0.1) is 0 Å². The van der Waals surface area contributed by atoms with E-state index in [-0.39, 0.29) is 24.5 Å². The van der Waals surface area contributed by atoms with Gasteiger partial charge in [-0.05, 0) is 23.1 Å². The molecule has 0 spiro atoms. The Labute approximate surface area is 142 Å². The number of nitrogens with one attached hydrogen (secondary N) is 2. The summed E-state index contributed by atoms with van der Waals surface area (Å²) in [6.07, 6.45) is 5.18. The van der Waals surface area contributed by atoms with E-state index in [1.54, 1.807) is 0 Å². The average molecular weight is 321 g/mol. The number of benzene rings is 2. The molecule has 0 unspecified atom stereocenters. The molecule has 3 rings (SSSR count). The predicted octanol–water partition coefficient (Wildman–Crippen LogP) is 2.17. The summed E-state index contributed by atoms with van der Waals surface area (Å²) in [7, 11) is 0. The molecular formula is C20H23N3O. The van der Waals surface area contributed by atoms with Gasteiger partial charge in [0, 0.05) is 18.6 Å². The number of hydrogen-bond donors (Lipinski definition) is 3. The van der Waals surface area contributed by atoms with Gasteiger partial charge in [0.2, 0.25) is 5.91 Å². The van der Waals surface area contributed by atoms with Crippen LogP contribution in [0.2, 0.25) is 0 Å². The second-order valence-electron chi connectivity index (χ2n) is 6.07. The van der Waals surface area contributed by atoms with E-state index in [2.05, 4.69) is 71.3 Å². The van der Waals surface area contributed by atoms with Gasteiger partial charge in [0.15, 0.2) is 0 Å². The molecule has 1 saturated heterocycles. The monoisotopic (exact) mass is 321 g/mol. The summed E-state index contributed by atoms with van der Waals surface area (Å²) in [4.78, 5) is 11.3. The summed E-state index contributed by atoms with van der Waals surface area (Å²) in [5.74, 6) is -0.0945. The van der Waals surface area contributed by atoms with Crippen LogP contribution < -0.4 is 16.4 Å². The summed E-state index contributed by atoms with van der Waals surface area (Å²) in [5.41, 5.74) is 8.94. The van der Waals surface area contributed by atoms with Gasteiger partial charge in [-0.3, -0.25) is 4.79 Å². The lowest BCUT2D eigenvalue weighted by molar-refractivity contribution is -0.120. The van der Waals surface area contributed by atoms with Crippen LogP contribution in [-0.2, 0) is 4.79 Å². The molecule has 2 aromatic rings. The van der Waals surface area contributed by atoms with E-state index in [0.717, 1.165) is 13.0 Å². The second kappa shape index (κ2) is 7.90. The van der Waals surface area contributed by atoms with Crippen molar-refractivity contribution in [3.8, 4) is 11.1 Å². The molecule has 0 radical (unpaired) electrons. The molecule has 2 atom stereocenters. The van der Waals surface area contributed by atoms with Crippen LogP contribution in [0.25, 0.3) is 17.2 Å². The van der Waals surface area contributed by atoms with Crippen molar-refractivity contribution in [2.75, 3.05) is 13.1 Å². The molecule has 1 aliphatic rings. The molecule has 0 aromatic heterocycles. The van der Waals surface area contributed by atoms with E-state index in [4.69, 9.17) is 5.73 Å². The van der Waals surface area contributed by atoms with Crippen LogP contribution in [0, 0.1) is 0 Å². The zero-order valence-electron chi connectivity index (χ0n) is 13.6. The molecule has 2 aromatic carbocycles. The number of carbonyl (C=O) groups excluding carboxylic acids is 1. The highest BCUT2D eigenvalue weighted by Crippen LogP contribution is 2.20. The summed E-state index contributed by atoms with van der Waals surface area (Å²) in [6.45, 7) is 0.832. The minimum atomic E-state index is -0.0945. The van der Waals surface area contributed by atoms with E-state index in [1.165, 1.54) is 16.7 Å². The Balaban J connectivity index is 1.57. The number of carbonyl (C=O) groups is 1. The molecular weight excluding hydrogens is 298 g/mol.